The standard InChI is InChI=1S/C16H25FN2O3S/c1-12(2)10-19-6-7-22-14(11-19)9-18-23(20,21)16-8-13(3)4-5-15(16)17/h4-5,8,12,14,18H,6-7,9-11H2,1-3H3/t14-/m0/s1. The monoisotopic (exact) mass is 344 g/mol. The molecule has 1 aliphatic heterocycles. The lowest BCUT2D eigenvalue weighted by Crippen LogP contribution is -2.48. The van der Waals surface area contributed by atoms with Crippen molar-refractivity contribution in [2.75, 3.05) is 32.8 Å². The third kappa shape index (κ3) is 5.24. The number of halogens is 1. The number of ether oxygens (including phenoxy) is 1. The highest BCUT2D eigenvalue weighted by molar-refractivity contribution is 7.89. The predicted molar refractivity (Wildman–Crippen MR) is 87.3 cm³/mol. The minimum Gasteiger partial charge on any atom is -0.374 e. The van der Waals surface area contributed by atoms with Gasteiger partial charge in [0.05, 0.1) is 12.7 Å². The Morgan fingerprint density at radius 1 is 1.43 bits per heavy atom. The van der Waals surface area contributed by atoms with E-state index in [9.17, 15) is 12.8 Å². The van der Waals surface area contributed by atoms with Gasteiger partial charge in [-0.1, -0.05) is 19.9 Å². The van der Waals surface area contributed by atoms with Crippen molar-refractivity contribution in [1.29, 1.82) is 0 Å². The SMILES string of the molecule is Cc1ccc(F)c(S(=O)(=O)NC[C@H]2CN(CC(C)C)CCO2)c1. The molecule has 1 fully saturated rings. The quantitative estimate of drug-likeness (QED) is 0.854. The summed E-state index contributed by atoms with van der Waals surface area (Å²) in [5.74, 6) is -0.194. The van der Waals surface area contributed by atoms with Gasteiger partial charge >= 0.3 is 0 Å². The largest absolute Gasteiger partial charge is 0.374 e. The number of sulfonamides is 1. The van der Waals surface area contributed by atoms with Gasteiger partial charge in [0.1, 0.15) is 10.7 Å². The van der Waals surface area contributed by atoms with Crippen LogP contribution in [0.2, 0.25) is 0 Å². The van der Waals surface area contributed by atoms with E-state index in [-0.39, 0.29) is 17.5 Å². The Labute approximate surface area is 137 Å². The van der Waals surface area contributed by atoms with Gasteiger partial charge in [0.15, 0.2) is 0 Å². The summed E-state index contributed by atoms with van der Waals surface area (Å²) in [6, 6.07) is 4.05. The van der Waals surface area contributed by atoms with Gasteiger partial charge in [-0.25, -0.2) is 17.5 Å². The van der Waals surface area contributed by atoms with Crippen molar-refractivity contribution >= 4 is 10.0 Å². The van der Waals surface area contributed by atoms with Gasteiger partial charge in [0, 0.05) is 26.2 Å². The van der Waals surface area contributed by atoms with E-state index >= 15 is 0 Å². The number of rotatable bonds is 6. The van der Waals surface area contributed by atoms with Crippen molar-refractivity contribution in [3.63, 3.8) is 0 Å². The van der Waals surface area contributed by atoms with E-state index in [0.29, 0.717) is 24.6 Å². The molecule has 0 radical (unpaired) electrons. The normalized spacial score (nSPS) is 20.1. The molecule has 23 heavy (non-hydrogen) atoms. The molecule has 2 rings (SSSR count). The topological polar surface area (TPSA) is 58.6 Å². The van der Waals surface area contributed by atoms with Crippen LogP contribution in [0.4, 0.5) is 4.39 Å². The van der Waals surface area contributed by atoms with Gasteiger partial charge in [-0.05, 0) is 30.5 Å². The van der Waals surface area contributed by atoms with Gasteiger partial charge in [0.25, 0.3) is 0 Å². The molecule has 1 N–H and O–H groups in total. The van der Waals surface area contributed by atoms with Crippen LogP contribution in [0.1, 0.15) is 19.4 Å². The fourth-order valence-corrected chi connectivity index (χ4v) is 3.91. The first-order chi connectivity index (χ1) is 10.8. The van der Waals surface area contributed by atoms with E-state index in [1.807, 2.05) is 0 Å². The molecular formula is C16H25FN2O3S. The fourth-order valence-electron chi connectivity index (χ4n) is 2.68. The minimum atomic E-state index is -3.88. The van der Waals surface area contributed by atoms with Crippen LogP contribution in [0.25, 0.3) is 0 Å². The molecule has 1 atom stereocenters. The van der Waals surface area contributed by atoms with E-state index in [2.05, 4.69) is 23.5 Å². The first-order valence-electron chi connectivity index (χ1n) is 7.87. The van der Waals surface area contributed by atoms with Crippen LogP contribution in [0.3, 0.4) is 0 Å². The van der Waals surface area contributed by atoms with Crippen molar-refractivity contribution in [2.45, 2.75) is 31.8 Å². The summed E-state index contributed by atoms with van der Waals surface area (Å²) < 4.78 is 46.4. The molecule has 1 aliphatic rings. The Morgan fingerprint density at radius 2 is 2.17 bits per heavy atom. The summed E-state index contributed by atoms with van der Waals surface area (Å²) in [6.07, 6.45) is -0.217. The minimum absolute atomic E-state index is 0.143. The Balaban J connectivity index is 1.97. The third-order valence-corrected chi connectivity index (χ3v) is 5.16. The summed E-state index contributed by atoms with van der Waals surface area (Å²) in [7, 11) is -3.88. The Hall–Kier alpha value is -1.02. The van der Waals surface area contributed by atoms with Crippen molar-refractivity contribution in [1.82, 2.24) is 9.62 Å². The number of hydrogen-bond donors (Lipinski definition) is 1. The molecule has 0 spiro atoms. The summed E-state index contributed by atoms with van der Waals surface area (Å²) in [5, 5.41) is 0. The van der Waals surface area contributed by atoms with Crippen LogP contribution in [0.15, 0.2) is 23.1 Å². The zero-order chi connectivity index (χ0) is 17.0. The molecule has 1 aromatic rings. The maximum atomic E-state index is 13.8. The van der Waals surface area contributed by atoms with Crippen LogP contribution in [-0.2, 0) is 14.8 Å². The van der Waals surface area contributed by atoms with Crippen LogP contribution in [0.5, 0.6) is 0 Å². The lowest BCUT2D eigenvalue weighted by atomic mass is 10.2. The summed E-state index contributed by atoms with van der Waals surface area (Å²) in [4.78, 5) is 1.95. The lowest BCUT2D eigenvalue weighted by Gasteiger charge is -2.33. The summed E-state index contributed by atoms with van der Waals surface area (Å²) in [6.45, 7) is 9.24. The van der Waals surface area contributed by atoms with Crippen molar-refractivity contribution in [2.24, 2.45) is 5.92 Å². The van der Waals surface area contributed by atoms with Crippen molar-refractivity contribution < 1.29 is 17.5 Å². The Kier molecular flexibility index (Phi) is 6.13. The number of morpholine rings is 1. The van der Waals surface area contributed by atoms with Gasteiger partial charge in [-0.2, -0.15) is 0 Å². The molecule has 0 unspecified atom stereocenters. The molecule has 0 saturated carbocycles. The highest BCUT2D eigenvalue weighted by Gasteiger charge is 2.24. The molecule has 130 valence electrons. The lowest BCUT2D eigenvalue weighted by molar-refractivity contribution is -0.0280. The van der Waals surface area contributed by atoms with Gasteiger partial charge < -0.3 is 4.74 Å². The van der Waals surface area contributed by atoms with E-state index in [1.165, 1.54) is 12.1 Å². The van der Waals surface area contributed by atoms with Crippen molar-refractivity contribution in [3.8, 4) is 0 Å². The molecule has 1 aromatic carbocycles. The molecule has 0 aliphatic carbocycles. The third-order valence-electron chi connectivity index (χ3n) is 3.72. The average molecular weight is 344 g/mol. The van der Waals surface area contributed by atoms with Crippen LogP contribution < -0.4 is 4.72 Å². The Morgan fingerprint density at radius 3 is 2.87 bits per heavy atom. The number of aryl methyl sites for hydroxylation is 1. The molecule has 0 amide bonds. The smallest absolute Gasteiger partial charge is 0.243 e. The van der Waals surface area contributed by atoms with E-state index in [0.717, 1.165) is 13.1 Å². The first kappa shape index (κ1) is 18.3. The van der Waals surface area contributed by atoms with Crippen LogP contribution >= 0.6 is 0 Å². The molecule has 0 bridgehead atoms. The van der Waals surface area contributed by atoms with E-state index in [4.69, 9.17) is 4.74 Å². The van der Waals surface area contributed by atoms with Gasteiger partial charge in [-0.15, -0.1) is 0 Å². The second-order valence-corrected chi connectivity index (χ2v) is 8.17. The maximum absolute atomic E-state index is 13.8. The van der Waals surface area contributed by atoms with Crippen LogP contribution in [0, 0.1) is 18.7 Å². The van der Waals surface area contributed by atoms with E-state index in [1.54, 1.807) is 13.0 Å². The molecule has 1 saturated heterocycles. The molecule has 0 aromatic heterocycles. The number of hydrogen-bond acceptors (Lipinski definition) is 4. The summed E-state index contributed by atoms with van der Waals surface area (Å²) >= 11 is 0. The second kappa shape index (κ2) is 7.70. The molecule has 5 nitrogen and oxygen atoms in total. The number of benzene rings is 1. The zero-order valence-corrected chi connectivity index (χ0v) is 14.7. The van der Waals surface area contributed by atoms with Crippen LogP contribution in [-0.4, -0.2) is 52.2 Å². The second-order valence-electron chi connectivity index (χ2n) is 6.43. The fraction of sp³-hybridized carbons (Fsp3) is 0.625. The van der Waals surface area contributed by atoms with Gasteiger partial charge in [-0.3, -0.25) is 4.90 Å². The van der Waals surface area contributed by atoms with Gasteiger partial charge in [0.2, 0.25) is 10.0 Å². The molecular weight excluding hydrogens is 319 g/mol. The first-order valence-corrected chi connectivity index (χ1v) is 9.36. The number of nitrogens with one attached hydrogen (secondary N) is 1. The van der Waals surface area contributed by atoms with E-state index < -0.39 is 15.8 Å². The predicted octanol–water partition coefficient (Wildman–Crippen LogP) is 1.77. The summed E-state index contributed by atoms with van der Waals surface area (Å²) in [5.41, 5.74) is 0.698. The van der Waals surface area contributed by atoms with Crippen molar-refractivity contribution in [3.05, 3.63) is 29.6 Å². The Bertz CT molecular complexity index is 634. The molecule has 7 heteroatoms. The maximum Gasteiger partial charge on any atom is 0.243 e. The highest BCUT2D eigenvalue weighted by Crippen LogP contribution is 2.16. The highest BCUT2D eigenvalue weighted by atomic mass is 32.2. The zero-order valence-electron chi connectivity index (χ0n) is 13.9. The average Bonchev–Trinajstić information content (AvgIpc) is 2.47. The number of nitrogens with zero attached hydrogens (tertiary/aromatic N) is 1. The molecule has 1 heterocycles.